The first kappa shape index (κ1) is 18.3. The molecule has 3 aromatic rings. The van der Waals surface area contributed by atoms with Crippen LogP contribution in [0.3, 0.4) is 0 Å². The van der Waals surface area contributed by atoms with Gasteiger partial charge in [-0.15, -0.1) is 0 Å². The Morgan fingerprint density at radius 3 is 2.62 bits per heavy atom. The summed E-state index contributed by atoms with van der Waals surface area (Å²) in [6, 6.07) is 8.29. The van der Waals surface area contributed by atoms with Crippen molar-refractivity contribution in [1.29, 1.82) is 0 Å². The standard InChI is InChI=1S/C19H22N4O2S/c1-12(2)10-23-15-16(21(4)19(25)22(5)17(15)24)20-18(23)26-11-14-8-6-7-13(3)9-14/h6-9H,1,10-11H2,2-5H3. The Morgan fingerprint density at radius 2 is 1.96 bits per heavy atom. The third-order valence-electron chi connectivity index (χ3n) is 4.19. The van der Waals surface area contributed by atoms with Gasteiger partial charge < -0.3 is 4.57 Å². The van der Waals surface area contributed by atoms with Gasteiger partial charge in [0, 0.05) is 26.4 Å². The molecule has 2 aromatic heterocycles. The molecule has 0 aliphatic heterocycles. The fourth-order valence-electron chi connectivity index (χ4n) is 2.90. The summed E-state index contributed by atoms with van der Waals surface area (Å²) in [7, 11) is 3.12. The van der Waals surface area contributed by atoms with Crippen LogP contribution in [0.5, 0.6) is 0 Å². The van der Waals surface area contributed by atoms with E-state index in [4.69, 9.17) is 0 Å². The molecule has 0 aliphatic carbocycles. The number of nitrogens with zero attached hydrogens (tertiary/aromatic N) is 4. The molecule has 0 amide bonds. The van der Waals surface area contributed by atoms with Crippen LogP contribution in [0, 0.1) is 6.92 Å². The zero-order chi connectivity index (χ0) is 19.0. The van der Waals surface area contributed by atoms with Gasteiger partial charge in [0.2, 0.25) is 0 Å². The molecule has 1 aromatic carbocycles. The third kappa shape index (κ3) is 3.26. The van der Waals surface area contributed by atoms with Gasteiger partial charge in [-0.1, -0.05) is 53.7 Å². The molecule has 2 heterocycles. The maximum atomic E-state index is 12.7. The monoisotopic (exact) mass is 370 g/mol. The molecule has 0 atom stereocenters. The van der Waals surface area contributed by atoms with Crippen LogP contribution in [0.15, 0.2) is 51.2 Å². The van der Waals surface area contributed by atoms with Gasteiger partial charge in [-0.2, -0.15) is 0 Å². The van der Waals surface area contributed by atoms with Gasteiger partial charge in [0.25, 0.3) is 5.56 Å². The van der Waals surface area contributed by atoms with Crippen LogP contribution in [-0.4, -0.2) is 18.7 Å². The molecule has 6 nitrogen and oxygen atoms in total. The molecule has 0 radical (unpaired) electrons. The van der Waals surface area contributed by atoms with Gasteiger partial charge in [-0.25, -0.2) is 9.78 Å². The fourth-order valence-corrected chi connectivity index (χ4v) is 3.84. The van der Waals surface area contributed by atoms with Gasteiger partial charge in [-0.05, 0) is 19.4 Å². The minimum Gasteiger partial charge on any atom is -0.309 e. The topological polar surface area (TPSA) is 61.8 Å². The first-order valence-electron chi connectivity index (χ1n) is 8.28. The van der Waals surface area contributed by atoms with Crippen LogP contribution in [0.4, 0.5) is 0 Å². The lowest BCUT2D eigenvalue weighted by molar-refractivity contribution is 0.694. The van der Waals surface area contributed by atoms with E-state index in [0.29, 0.717) is 22.9 Å². The van der Waals surface area contributed by atoms with Crippen molar-refractivity contribution in [2.24, 2.45) is 14.1 Å². The molecule has 136 valence electrons. The lowest BCUT2D eigenvalue weighted by atomic mass is 10.2. The number of aromatic nitrogens is 4. The van der Waals surface area contributed by atoms with E-state index < -0.39 is 0 Å². The van der Waals surface area contributed by atoms with Crippen LogP contribution in [0.1, 0.15) is 18.1 Å². The second-order valence-corrected chi connectivity index (χ2v) is 7.54. The number of hydrogen-bond acceptors (Lipinski definition) is 4. The number of hydrogen-bond donors (Lipinski definition) is 0. The summed E-state index contributed by atoms with van der Waals surface area (Å²) in [5.74, 6) is 0.732. The number of thioether (sulfide) groups is 1. The van der Waals surface area contributed by atoms with Gasteiger partial charge >= 0.3 is 5.69 Å². The Balaban J connectivity index is 2.13. The van der Waals surface area contributed by atoms with Gasteiger partial charge in [0.05, 0.1) is 0 Å². The minimum atomic E-state index is -0.377. The van der Waals surface area contributed by atoms with Crippen molar-refractivity contribution in [3.8, 4) is 0 Å². The van der Waals surface area contributed by atoms with Crippen molar-refractivity contribution in [3.05, 3.63) is 68.4 Å². The normalized spacial score (nSPS) is 11.2. The van der Waals surface area contributed by atoms with E-state index in [1.54, 1.807) is 18.8 Å². The Labute approximate surface area is 155 Å². The third-order valence-corrected chi connectivity index (χ3v) is 5.24. The predicted octanol–water partition coefficient (Wildman–Crippen LogP) is 2.61. The van der Waals surface area contributed by atoms with Crippen LogP contribution >= 0.6 is 11.8 Å². The molecule has 7 heteroatoms. The highest BCUT2D eigenvalue weighted by Gasteiger charge is 2.19. The summed E-state index contributed by atoms with van der Waals surface area (Å²) in [4.78, 5) is 29.5. The highest BCUT2D eigenvalue weighted by molar-refractivity contribution is 7.98. The Bertz CT molecular complexity index is 1120. The maximum absolute atomic E-state index is 12.7. The number of imidazole rings is 1. The lowest BCUT2D eigenvalue weighted by Gasteiger charge is -2.09. The highest BCUT2D eigenvalue weighted by atomic mass is 32.2. The molecule has 0 N–H and O–H groups in total. The second kappa shape index (κ2) is 6.99. The molecule has 3 rings (SSSR count). The molecular formula is C19H22N4O2S. The number of rotatable bonds is 5. The molecule has 0 saturated carbocycles. The molecule has 0 unspecified atom stereocenters. The maximum Gasteiger partial charge on any atom is 0.332 e. The SMILES string of the molecule is C=C(C)Cn1c(SCc2cccc(C)c2)nc2c1c(=O)n(C)c(=O)n2C. The van der Waals surface area contributed by atoms with E-state index in [-0.39, 0.29) is 11.2 Å². The van der Waals surface area contributed by atoms with Gasteiger partial charge in [-0.3, -0.25) is 13.9 Å². The summed E-state index contributed by atoms with van der Waals surface area (Å²) >= 11 is 1.55. The Hall–Kier alpha value is -2.54. The average Bonchev–Trinajstić information content (AvgIpc) is 2.94. The van der Waals surface area contributed by atoms with Crippen LogP contribution in [0.2, 0.25) is 0 Å². The Morgan fingerprint density at radius 1 is 1.23 bits per heavy atom. The summed E-state index contributed by atoms with van der Waals surface area (Å²) in [6.07, 6.45) is 0. The van der Waals surface area contributed by atoms with Crippen LogP contribution in [-0.2, 0) is 26.4 Å². The molecule has 0 spiro atoms. The fraction of sp³-hybridized carbons (Fsp3) is 0.316. The predicted molar refractivity (Wildman–Crippen MR) is 106 cm³/mol. The van der Waals surface area contributed by atoms with E-state index in [9.17, 15) is 9.59 Å². The largest absolute Gasteiger partial charge is 0.332 e. The zero-order valence-corrected chi connectivity index (χ0v) is 16.3. The highest BCUT2D eigenvalue weighted by Crippen LogP contribution is 2.26. The van der Waals surface area contributed by atoms with E-state index in [1.807, 2.05) is 17.6 Å². The van der Waals surface area contributed by atoms with Crippen molar-refractivity contribution >= 4 is 22.9 Å². The summed E-state index contributed by atoms with van der Waals surface area (Å²) in [5.41, 5.74) is 3.44. The molecule has 0 bridgehead atoms. The quantitative estimate of drug-likeness (QED) is 0.512. The number of allylic oxidation sites excluding steroid dienone is 1. The molecule has 26 heavy (non-hydrogen) atoms. The van der Waals surface area contributed by atoms with Crippen molar-refractivity contribution in [2.75, 3.05) is 0 Å². The summed E-state index contributed by atoms with van der Waals surface area (Å²) < 4.78 is 4.40. The molecule has 0 saturated heterocycles. The number of benzene rings is 1. The van der Waals surface area contributed by atoms with Crippen molar-refractivity contribution in [1.82, 2.24) is 18.7 Å². The van der Waals surface area contributed by atoms with E-state index >= 15 is 0 Å². The lowest BCUT2D eigenvalue weighted by Crippen LogP contribution is -2.37. The molecular weight excluding hydrogens is 348 g/mol. The van der Waals surface area contributed by atoms with Crippen LogP contribution < -0.4 is 11.2 Å². The van der Waals surface area contributed by atoms with Crippen molar-refractivity contribution < 1.29 is 0 Å². The Kier molecular flexibility index (Phi) is 4.91. The first-order chi connectivity index (χ1) is 12.3. The number of fused-ring (bicyclic) bond motifs is 1. The van der Waals surface area contributed by atoms with Crippen molar-refractivity contribution in [3.63, 3.8) is 0 Å². The van der Waals surface area contributed by atoms with Gasteiger partial charge in [0.15, 0.2) is 16.3 Å². The number of aryl methyl sites for hydroxylation is 2. The molecule has 0 fully saturated rings. The smallest absolute Gasteiger partial charge is 0.309 e. The van der Waals surface area contributed by atoms with Gasteiger partial charge in [0.1, 0.15) is 0 Å². The van der Waals surface area contributed by atoms with Crippen LogP contribution in [0.25, 0.3) is 11.2 Å². The summed E-state index contributed by atoms with van der Waals surface area (Å²) in [5, 5.41) is 0.711. The zero-order valence-electron chi connectivity index (χ0n) is 15.4. The van der Waals surface area contributed by atoms with E-state index in [1.165, 1.54) is 22.7 Å². The van der Waals surface area contributed by atoms with E-state index in [2.05, 4.69) is 36.7 Å². The molecule has 0 aliphatic rings. The summed E-state index contributed by atoms with van der Waals surface area (Å²) in [6.45, 7) is 8.42. The van der Waals surface area contributed by atoms with E-state index in [0.717, 1.165) is 15.9 Å². The average molecular weight is 370 g/mol. The minimum absolute atomic E-state index is 0.334. The second-order valence-electron chi connectivity index (χ2n) is 6.59. The first-order valence-corrected chi connectivity index (χ1v) is 9.27. The van der Waals surface area contributed by atoms with Crippen molar-refractivity contribution in [2.45, 2.75) is 31.3 Å².